The summed E-state index contributed by atoms with van der Waals surface area (Å²) in [5.74, 6) is -3.28. The van der Waals surface area contributed by atoms with Crippen LogP contribution in [-0.4, -0.2) is 73.5 Å². The number of hydrogen-bond acceptors (Lipinski definition) is 8. The van der Waals surface area contributed by atoms with Crippen molar-refractivity contribution >= 4 is 47.2 Å². The van der Waals surface area contributed by atoms with Crippen LogP contribution in [0.3, 0.4) is 0 Å². The van der Waals surface area contributed by atoms with Crippen molar-refractivity contribution in [1.82, 2.24) is 10.3 Å². The van der Waals surface area contributed by atoms with Gasteiger partial charge in [0.1, 0.15) is 5.76 Å². The first-order valence-corrected chi connectivity index (χ1v) is 16.5. The van der Waals surface area contributed by atoms with Crippen molar-refractivity contribution in [3.8, 4) is 0 Å². The lowest BCUT2D eigenvalue weighted by Crippen LogP contribution is -2.33. The van der Waals surface area contributed by atoms with Gasteiger partial charge in [-0.25, -0.2) is 15.0 Å². The van der Waals surface area contributed by atoms with Crippen LogP contribution in [-0.2, 0) is 20.8 Å². The molecule has 6 N–H and O–H groups in total. The van der Waals surface area contributed by atoms with Crippen molar-refractivity contribution in [3.05, 3.63) is 116 Å². The maximum Gasteiger partial charge on any atom is 0.305 e. The predicted molar refractivity (Wildman–Crippen MR) is 198 cm³/mol. The van der Waals surface area contributed by atoms with Crippen molar-refractivity contribution in [2.75, 3.05) is 7.05 Å². The topological polar surface area (TPSA) is 197 Å². The zero-order chi connectivity index (χ0) is 37.3. The van der Waals surface area contributed by atoms with Crippen LogP contribution in [0, 0.1) is 6.92 Å². The second kappa shape index (κ2) is 14.5. The molecule has 1 aromatic heterocycles. The highest BCUT2D eigenvalue weighted by atomic mass is 16.4. The Morgan fingerprint density at radius 2 is 1.39 bits per heavy atom. The van der Waals surface area contributed by atoms with E-state index < -0.39 is 30.4 Å². The van der Waals surface area contributed by atoms with E-state index in [9.17, 15) is 34.8 Å². The Kier molecular flexibility index (Phi) is 10.4. The number of aliphatic imine (C=N–C) groups is 3. The van der Waals surface area contributed by atoms with Gasteiger partial charge in [0.15, 0.2) is 0 Å². The molecule has 0 aliphatic carbocycles. The van der Waals surface area contributed by atoms with Gasteiger partial charge < -0.3 is 30.7 Å². The van der Waals surface area contributed by atoms with Crippen molar-refractivity contribution < 1.29 is 34.8 Å². The molecule has 1 aromatic rings. The van der Waals surface area contributed by atoms with E-state index in [-0.39, 0.29) is 37.0 Å². The first-order chi connectivity index (χ1) is 24.2. The van der Waals surface area contributed by atoms with E-state index >= 15 is 0 Å². The molecule has 0 fully saturated rings. The molecule has 4 aliphatic heterocycles. The molecule has 0 spiro atoms. The Bertz CT molecular complexity index is 2120. The molecule has 0 amide bonds. The van der Waals surface area contributed by atoms with Gasteiger partial charge in [0.2, 0.25) is 0 Å². The highest BCUT2D eigenvalue weighted by molar-refractivity contribution is 6.38. The van der Waals surface area contributed by atoms with Gasteiger partial charge in [-0.1, -0.05) is 25.3 Å². The summed E-state index contributed by atoms with van der Waals surface area (Å²) >= 11 is 0. The number of aliphatic carboxylic acids is 3. The van der Waals surface area contributed by atoms with Crippen molar-refractivity contribution in [2.24, 2.45) is 15.0 Å². The lowest BCUT2D eigenvalue weighted by molar-refractivity contribution is -0.138. The smallest absolute Gasteiger partial charge is 0.305 e. The molecule has 0 radical (unpaired) electrons. The van der Waals surface area contributed by atoms with Gasteiger partial charge in [0.25, 0.3) is 0 Å². The van der Waals surface area contributed by atoms with Crippen molar-refractivity contribution in [2.45, 2.75) is 65.8 Å². The third kappa shape index (κ3) is 6.95. The quantitative estimate of drug-likeness (QED) is 0.136. The fraction of sp³-hybridized carbons (Fsp3) is 0.282. The Hall–Kier alpha value is -5.88. The zero-order valence-electron chi connectivity index (χ0n) is 29.3. The monoisotopic (exact) mass is 691 g/mol. The third-order valence-electron chi connectivity index (χ3n) is 9.59. The van der Waals surface area contributed by atoms with Crippen molar-refractivity contribution in [3.63, 3.8) is 0 Å². The van der Waals surface area contributed by atoms with E-state index in [1.54, 1.807) is 25.3 Å². The summed E-state index contributed by atoms with van der Waals surface area (Å²) in [5.41, 5.74) is 10.2. The number of nitrogens with zero attached hydrogens (tertiary/aromatic N) is 3. The van der Waals surface area contributed by atoms with Gasteiger partial charge in [-0.2, -0.15) is 0 Å². The van der Waals surface area contributed by atoms with Crippen LogP contribution >= 0.6 is 0 Å². The van der Waals surface area contributed by atoms with Crippen LogP contribution in [0.4, 0.5) is 0 Å². The molecule has 5 rings (SSSR count). The van der Waals surface area contributed by atoms with Crippen LogP contribution in [0.1, 0.15) is 69.0 Å². The molecule has 0 saturated heterocycles. The number of carbonyl (C=O) groups is 3. The minimum absolute atomic E-state index is 0.112. The second-order valence-electron chi connectivity index (χ2n) is 12.6. The maximum absolute atomic E-state index is 11.9. The number of aromatic nitrogens is 1. The Balaban J connectivity index is 1.91. The number of aliphatic hydroxyl groups excluding tert-OH is 1. The number of aromatic amines is 1. The van der Waals surface area contributed by atoms with Gasteiger partial charge in [-0.05, 0) is 99.2 Å². The van der Waals surface area contributed by atoms with E-state index in [1.165, 1.54) is 0 Å². The first kappa shape index (κ1) is 36.4. The molecule has 0 aromatic carbocycles. The molecule has 5 heterocycles. The van der Waals surface area contributed by atoms with Gasteiger partial charge in [-0.3, -0.25) is 14.4 Å². The highest BCUT2D eigenvalue weighted by Gasteiger charge is 2.35. The van der Waals surface area contributed by atoms with Crippen LogP contribution in [0.15, 0.2) is 108 Å². The van der Waals surface area contributed by atoms with E-state index in [2.05, 4.69) is 23.5 Å². The van der Waals surface area contributed by atoms with E-state index in [4.69, 9.17) is 15.0 Å². The molecular formula is C39H41N5O7. The fourth-order valence-corrected chi connectivity index (χ4v) is 6.73. The summed E-state index contributed by atoms with van der Waals surface area (Å²) in [6.45, 7) is 15.5. The number of likely N-dealkylation sites (N-methyl/N-ethyl adjacent to an activating group) is 1. The highest BCUT2D eigenvalue weighted by Crippen LogP contribution is 2.39. The van der Waals surface area contributed by atoms with Crippen LogP contribution in [0.2, 0.25) is 0 Å². The maximum atomic E-state index is 11.9. The van der Waals surface area contributed by atoms with Gasteiger partial charge in [0, 0.05) is 35.4 Å². The Morgan fingerprint density at radius 3 is 2.00 bits per heavy atom. The molecular weight excluding hydrogens is 650 g/mol. The average Bonchev–Trinajstić information content (AvgIpc) is 3.74. The van der Waals surface area contributed by atoms with E-state index in [0.29, 0.717) is 62.3 Å². The molecule has 0 saturated carbocycles. The molecule has 0 unspecified atom stereocenters. The summed E-state index contributed by atoms with van der Waals surface area (Å²) < 4.78 is 0. The van der Waals surface area contributed by atoms with E-state index in [0.717, 1.165) is 27.8 Å². The van der Waals surface area contributed by atoms with Crippen molar-refractivity contribution in [1.29, 1.82) is 0 Å². The van der Waals surface area contributed by atoms with E-state index in [1.807, 2.05) is 39.8 Å². The number of H-pyrrole nitrogens is 1. The largest absolute Gasteiger partial charge is 0.510 e. The summed E-state index contributed by atoms with van der Waals surface area (Å²) in [6, 6.07) is -0.986. The minimum Gasteiger partial charge on any atom is -0.510 e. The molecule has 4 aliphatic rings. The number of hydrogen-bond donors (Lipinski definition) is 6. The first-order valence-electron chi connectivity index (χ1n) is 16.5. The van der Waals surface area contributed by atoms with Crippen LogP contribution < -0.4 is 5.32 Å². The Labute approximate surface area is 295 Å². The minimum atomic E-state index is -1.12. The molecule has 1 atom stereocenters. The SMILES string of the molecule is C=CC1=C(C)C2=NC1=Cc1[nH]c(c(CCC(=O)O)c1C)C=C1N=C(C=C3N=C(C(C=C)=C3C)C2=C(O)[C@H](CC(=O)O)NC)C(C)=C1CCC(=O)O. The molecule has 12 heteroatoms. The number of fused-ring (bicyclic) bond motifs is 5. The van der Waals surface area contributed by atoms with Gasteiger partial charge >= 0.3 is 17.9 Å². The van der Waals surface area contributed by atoms with Crippen LogP contribution in [0.5, 0.6) is 0 Å². The number of carboxylic acid groups (broad SMARTS) is 3. The normalized spacial score (nSPS) is 18.5. The standard InChI is InChI=1S/C39H41N5O7/c1-8-22-21(6)37-36(39(51)32(40-7)17-35(49)50)38-23(9-2)18(3)28(43-38)14-26-19(4)24(10-12-33(45)46)30(41-26)16-31-25(11-13-34(47)48)20(5)27(42-31)15-29(22)44-37/h8-9,14-16,32,40,42,51H,1-2,10-13,17H2,3-7H3,(H,45,46)(H,47,48)(H,49,50)/t32-/m0/s1. The predicted octanol–water partition coefficient (Wildman–Crippen LogP) is 6.34. The number of allylic oxidation sites excluding steroid dienone is 9. The number of aliphatic hydroxyl groups is 1. The molecule has 12 nitrogen and oxygen atoms in total. The lowest BCUT2D eigenvalue weighted by atomic mass is 9.89. The second-order valence-corrected chi connectivity index (χ2v) is 12.6. The third-order valence-corrected chi connectivity index (χ3v) is 9.59. The fourth-order valence-electron chi connectivity index (χ4n) is 6.73. The zero-order valence-corrected chi connectivity index (χ0v) is 29.3. The summed E-state index contributed by atoms with van der Waals surface area (Å²) in [6.07, 6.45) is 8.55. The van der Waals surface area contributed by atoms with Gasteiger partial charge in [-0.15, -0.1) is 0 Å². The summed E-state index contributed by atoms with van der Waals surface area (Å²) in [5, 5.41) is 43.7. The Morgan fingerprint density at radius 1 is 0.765 bits per heavy atom. The number of nitrogens with one attached hydrogen (secondary N) is 2. The van der Waals surface area contributed by atoms with Crippen LogP contribution in [0.25, 0.3) is 12.2 Å². The summed E-state index contributed by atoms with van der Waals surface area (Å²) in [7, 11) is 1.56. The average molecular weight is 692 g/mol. The van der Waals surface area contributed by atoms with Gasteiger partial charge in [0.05, 0.1) is 52.3 Å². The molecule has 51 heavy (non-hydrogen) atoms. The number of carboxylic acids is 3. The molecule has 8 bridgehead atoms. The summed E-state index contributed by atoms with van der Waals surface area (Å²) in [4.78, 5) is 53.6. The lowest BCUT2D eigenvalue weighted by Gasteiger charge is -2.19. The molecule has 264 valence electrons. The number of rotatable bonds is 12.